The molecule has 7 aromatic carbocycles. The lowest BCUT2D eigenvalue weighted by molar-refractivity contribution is 0.195. The molecular weight excluding hydrogens is 930 g/mol. The second-order valence-corrected chi connectivity index (χ2v) is 30.0. The number of hydrogen-bond donors (Lipinski definition) is 0. The van der Waals surface area contributed by atoms with Crippen molar-refractivity contribution in [1.29, 1.82) is 0 Å². The highest BCUT2D eigenvalue weighted by Crippen LogP contribution is 2.65. The molecule has 0 aromatic heterocycles. The standard InChI is InChI=1S/C73H80BN3/c1-42-32-62-65-63(33-42)76-58-39-53-49(34-43(58)2)67(6,7)30-31-71(53,14)52-40-59-54(36-48(52)66(3,4)5)72(15)28-19-20-29-73(72,16)77(59)44-26-27-55(60(76)35-44)74(65)56-37-50-51(69(10,11)41-68(50,8)9)38-61(56)75(62)57-25-21-24-47-64(57)45-22-17-18-23-46(45)70(47,12)13/h17-18,21-27,32-40H,19-20,28-31,41H2,1-16H3. The van der Waals surface area contributed by atoms with Gasteiger partial charge in [-0.05, 0) is 206 Å². The Bertz CT molecular complexity index is 3840. The lowest BCUT2D eigenvalue weighted by Gasteiger charge is -2.51. The summed E-state index contributed by atoms with van der Waals surface area (Å²) < 4.78 is 0. The molecule has 4 aliphatic carbocycles. The zero-order valence-electron chi connectivity index (χ0n) is 49.3. The van der Waals surface area contributed by atoms with Crippen molar-refractivity contribution in [3.63, 3.8) is 0 Å². The van der Waals surface area contributed by atoms with Crippen LogP contribution in [0, 0.1) is 13.8 Å². The van der Waals surface area contributed by atoms with Gasteiger partial charge in [0, 0.05) is 61.6 Å². The molecule has 3 unspecified atom stereocenters. The molecule has 7 aromatic rings. The molecule has 77 heavy (non-hydrogen) atoms. The van der Waals surface area contributed by atoms with E-state index in [4.69, 9.17) is 0 Å². The molecule has 3 nitrogen and oxygen atoms in total. The Hall–Kier alpha value is -6.00. The first-order valence-corrected chi connectivity index (χ1v) is 29.7. The van der Waals surface area contributed by atoms with Crippen LogP contribution in [0.2, 0.25) is 0 Å². The van der Waals surface area contributed by atoms with E-state index in [0.29, 0.717) is 0 Å². The molecule has 390 valence electrons. The number of aryl methyl sites for hydroxylation is 2. The van der Waals surface area contributed by atoms with Crippen molar-refractivity contribution in [2.75, 3.05) is 14.7 Å². The van der Waals surface area contributed by atoms with E-state index in [1.807, 2.05) is 0 Å². The van der Waals surface area contributed by atoms with Gasteiger partial charge in [0.05, 0.1) is 11.2 Å². The summed E-state index contributed by atoms with van der Waals surface area (Å²) in [7, 11) is 0. The van der Waals surface area contributed by atoms with Gasteiger partial charge in [0.15, 0.2) is 0 Å². The SMILES string of the molecule is Cc1cc2c3c(c1)N(c1cccc4c1-c1ccccc1C4(C)C)c1cc4c(cc1B3c1ccc3cc1N2c1cc2c(cc1C)C(C)(C)CCC2(C)c1cc2c(cc1C(C)(C)C)C1(C)CCCCC1(C)N32)C(C)(C)CC4(C)C. The van der Waals surface area contributed by atoms with Gasteiger partial charge >= 0.3 is 0 Å². The highest BCUT2D eigenvalue weighted by Gasteiger charge is 2.59. The van der Waals surface area contributed by atoms with E-state index >= 15 is 0 Å². The molecule has 0 saturated heterocycles. The highest BCUT2D eigenvalue weighted by atomic mass is 15.3. The van der Waals surface area contributed by atoms with Crippen molar-refractivity contribution in [1.82, 2.24) is 0 Å². The largest absolute Gasteiger partial charge is 0.334 e. The van der Waals surface area contributed by atoms with E-state index in [1.165, 1.54) is 154 Å². The summed E-state index contributed by atoms with van der Waals surface area (Å²) in [5.74, 6) is 0. The summed E-state index contributed by atoms with van der Waals surface area (Å²) in [6.45, 7) is 40.1. The topological polar surface area (TPSA) is 9.72 Å². The molecule has 8 aliphatic rings. The number of rotatable bonds is 1. The fourth-order valence-corrected chi connectivity index (χ4v) is 18.5. The molecule has 3 atom stereocenters. The summed E-state index contributed by atoms with van der Waals surface area (Å²) in [4.78, 5) is 8.44. The van der Waals surface area contributed by atoms with Crippen LogP contribution in [-0.4, -0.2) is 12.3 Å². The summed E-state index contributed by atoms with van der Waals surface area (Å²) in [6, 6.07) is 45.7. The van der Waals surface area contributed by atoms with Crippen LogP contribution in [0.5, 0.6) is 0 Å². The van der Waals surface area contributed by atoms with Crippen molar-refractivity contribution in [2.24, 2.45) is 0 Å². The van der Waals surface area contributed by atoms with Gasteiger partial charge in [0.2, 0.25) is 0 Å². The Kier molecular flexibility index (Phi) is 9.14. The smallest absolute Gasteiger partial charge is 0.252 e. The molecule has 0 spiro atoms. The van der Waals surface area contributed by atoms with Crippen LogP contribution in [0.25, 0.3) is 11.1 Å². The average molecular weight is 1010 g/mol. The fourth-order valence-electron chi connectivity index (χ4n) is 18.5. The quantitative estimate of drug-likeness (QED) is 0.152. The van der Waals surface area contributed by atoms with E-state index in [2.05, 4.69) is 235 Å². The zero-order chi connectivity index (χ0) is 53.8. The Morgan fingerprint density at radius 3 is 1.84 bits per heavy atom. The fraction of sp³-hybridized carbons (Fsp3) is 0.425. The molecule has 0 amide bonds. The van der Waals surface area contributed by atoms with Crippen LogP contribution < -0.4 is 31.1 Å². The van der Waals surface area contributed by atoms with Crippen molar-refractivity contribution in [3.8, 4) is 11.1 Å². The Morgan fingerprint density at radius 1 is 0.468 bits per heavy atom. The highest BCUT2D eigenvalue weighted by molar-refractivity contribution is 7.00. The normalized spacial score (nSPS) is 25.2. The third-order valence-corrected chi connectivity index (χ3v) is 22.6. The summed E-state index contributed by atoms with van der Waals surface area (Å²) in [5, 5.41) is 0. The first-order chi connectivity index (χ1) is 36.2. The van der Waals surface area contributed by atoms with Crippen LogP contribution in [0.4, 0.5) is 45.5 Å². The summed E-state index contributed by atoms with van der Waals surface area (Å²) in [6.07, 6.45) is 8.28. The van der Waals surface area contributed by atoms with Gasteiger partial charge < -0.3 is 14.7 Å². The van der Waals surface area contributed by atoms with Gasteiger partial charge in [-0.15, -0.1) is 0 Å². The van der Waals surface area contributed by atoms with E-state index < -0.39 is 0 Å². The Morgan fingerprint density at radius 2 is 1.10 bits per heavy atom. The average Bonchev–Trinajstić information content (AvgIpc) is 3.64. The molecular formula is C73H80BN3. The minimum Gasteiger partial charge on any atom is -0.334 e. The first kappa shape index (κ1) is 48.2. The second kappa shape index (κ2) is 14.6. The number of benzene rings is 7. The van der Waals surface area contributed by atoms with E-state index in [1.54, 1.807) is 5.56 Å². The monoisotopic (exact) mass is 1010 g/mol. The minimum absolute atomic E-state index is 0.00235. The number of anilines is 8. The number of nitrogens with zero attached hydrogens (tertiary/aromatic N) is 3. The third kappa shape index (κ3) is 5.86. The molecule has 6 bridgehead atoms. The Balaban J connectivity index is 1.09. The minimum atomic E-state index is -0.208. The maximum absolute atomic E-state index is 2.90. The predicted molar refractivity (Wildman–Crippen MR) is 328 cm³/mol. The van der Waals surface area contributed by atoms with Gasteiger partial charge in [0.25, 0.3) is 6.71 Å². The van der Waals surface area contributed by atoms with E-state index in [-0.39, 0.29) is 50.2 Å². The van der Waals surface area contributed by atoms with Gasteiger partial charge in [-0.3, -0.25) is 0 Å². The number of fused-ring (bicyclic) bond motifs is 17. The lowest BCUT2D eigenvalue weighted by atomic mass is 9.33. The van der Waals surface area contributed by atoms with Crippen molar-refractivity contribution < 1.29 is 0 Å². The van der Waals surface area contributed by atoms with Crippen LogP contribution in [0.3, 0.4) is 0 Å². The first-order valence-electron chi connectivity index (χ1n) is 29.7. The zero-order valence-corrected chi connectivity index (χ0v) is 49.3. The van der Waals surface area contributed by atoms with Crippen LogP contribution in [-0.2, 0) is 37.9 Å². The third-order valence-electron chi connectivity index (χ3n) is 22.6. The molecule has 4 heterocycles. The maximum Gasteiger partial charge on any atom is 0.252 e. The van der Waals surface area contributed by atoms with Gasteiger partial charge in [-0.1, -0.05) is 164 Å². The molecule has 0 radical (unpaired) electrons. The van der Waals surface area contributed by atoms with E-state index in [0.717, 1.165) is 19.3 Å². The van der Waals surface area contributed by atoms with Crippen LogP contribution >= 0.6 is 0 Å². The van der Waals surface area contributed by atoms with Crippen LogP contribution in [0.15, 0.2) is 109 Å². The molecule has 0 N–H and O–H groups in total. The van der Waals surface area contributed by atoms with Gasteiger partial charge in [0.1, 0.15) is 0 Å². The molecule has 4 heteroatoms. The molecule has 15 rings (SSSR count). The van der Waals surface area contributed by atoms with E-state index in [9.17, 15) is 0 Å². The maximum atomic E-state index is 2.90. The van der Waals surface area contributed by atoms with Crippen molar-refractivity contribution in [3.05, 3.63) is 170 Å². The molecule has 4 aliphatic heterocycles. The van der Waals surface area contributed by atoms with Gasteiger partial charge in [-0.2, -0.15) is 0 Å². The second-order valence-electron chi connectivity index (χ2n) is 30.0. The van der Waals surface area contributed by atoms with Crippen molar-refractivity contribution >= 4 is 68.6 Å². The van der Waals surface area contributed by atoms with Gasteiger partial charge in [-0.25, -0.2) is 0 Å². The summed E-state index contributed by atoms with van der Waals surface area (Å²) in [5.41, 5.74) is 33.4. The van der Waals surface area contributed by atoms with Crippen molar-refractivity contribution in [2.45, 2.75) is 199 Å². The number of hydrogen-bond acceptors (Lipinski definition) is 3. The molecule has 1 saturated carbocycles. The molecule has 1 fully saturated rings. The Labute approximate surface area is 461 Å². The lowest BCUT2D eigenvalue weighted by Crippen LogP contribution is -2.62. The summed E-state index contributed by atoms with van der Waals surface area (Å²) >= 11 is 0. The predicted octanol–water partition coefficient (Wildman–Crippen LogP) is 17.4. The van der Waals surface area contributed by atoms with Crippen LogP contribution in [0.1, 0.15) is 203 Å².